The molecule has 0 aliphatic carbocycles. The number of anilines is 1. The fourth-order valence-corrected chi connectivity index (χ4v) is 1.87. The second kappa shape index (κ2) is 5.37. The molecule has 6 heteroatoms. The molecule has 1 atom stereocenters. The molecule has 2 aromatic rings. The van der Waals surface area contributed by atoms with Crippen LogP contribution < -0.4 is 11.1 Å². The monoisotopic (exact) mass is 268 g/mol. The molecule has 3 N–H and O–H groups in total. The standard InChI is InChI=1S/C12H14ClFN4/c1-18-7-8(6-16-18)12(5-15)17-11-4-9(14)2-3-10(11)13/h2-4,6-7,12,17H,5,15H2,1H3. The lowest BCUT2D eigenvalue weighted by Crippen LogP contribution is -2.20. The summed E-state index contributed by atoms with van der Waals surface area (Å²) >= 11 is 6.00. The number of benzene rings is 1. The van der Waals surface area contributed by atoms with Crippen molar-refractivity contribution in [2.24, 2.45) is 12.8 Å². The molecule has 18 heavy (non-hydrogen) atoms. The van der Waals surface area contributed by atoms with E-state index in [1.54, 1.807) is 10.9 Å². The zero-order valence-electron chi connectivity index (χ0n) is 9.90. The fraction of sp³-hybridized carbons (Fsp3) is 0.250. The van der Waals surface area contributed by atoms with Gasteiger partial charge in [0, 0.05) is 25.4 Å². The molecule has 0 aliphatic rings. The minimum atomic E-state index is -0.344. The van der Waals surface area contributed by atoms with Crippen molar-refractivity contribution in [3.8, 4) is 0 Å². The molecule has 0 amide bonds. The van der Waals surface area contributed by atoms with Crippen LogP contribution in [0.4, 0.5) is 10.1 Å². The van der Waals surface area contributed by atoms with E-state index in [4.69, 9.17) is 17.3 Å². The van der Waals surface area contributed by atoms with E-state index >= 15 is 0 Å². The molecule has 0 saturated heterocycles. The Morgan fingerprint density at radius 2 is 2.33 bits per heavy atom. The predicted molar refractivity (Wildman–Crippen MR) is 70.0 cm³/mol. The molecular weight excluding hydrogens is 255 g/mol. The largest absolute Gasteiger partial charge is 0.376 e. The maximum Gasteiger partial charge on any atom is 0.125 e. The second-order valence-corrected chi connectivity index (χ2v) is 4.41. The summed E-state index contributed by atoms with van der Waals surface area (Å²) in [6.45, 7) is 0.360. The minimum Gasteiger partial charge on any atom is -0.376 e. The summed E-state index contributed by atoms with van der Waals surface area (Å²) in [6, 6.07) is 4.02. The van der Waals surface area contributed by atoms with Crippen LogP contribution in [0.15, 0.2) is 30.6 Å². The zero-order valence-corrected chi connectivity index (χ0v) is 10.7. The SMILES string of the molecule is Cn1cc(C(CN)Nc2cc(F)ccc2Cl)cn1. The highest BCUT2D eigenvalue weighted by Crippen LogP contribution is 2.26. The number of halogens is 2. The molecular formula is C12H14ClFN4. The van der Waals surface area contributed by atoms with Crippen LogP contribution in [0.25, 0.3) is 0 Å². The van der Waals surface area contributed by atoms with Gasteiger partial charge >= 0.3 is 0 Å². The number of hydrogen-bond acceptors (Lipinski definition) is 3. The Labute approximate surface area is 110 Å². The Bertz CT molecular complexity index is 541. The number of aryl methyl sites for hydroxylation is 1. The number of nitrogens with two attached hydrogens (primary N) is 1. The first-order valence-electron chi connectivity index (χ1n) is 5.50. The van der Waals surface area contributed by atoms with Crippen molar-refractivity contribution in [3.05, 3.63) is 47.0 Å². The van der Waals surface area contributed by atoms with Crippen LogP contribution in [0, 0.1) is 5.82 Å². The van der Waals surface area contributed by atoms with Gasteiger partial charge in [-0.3, -0.25) is 4.68 Å². The maximum atomic E-state index is 13.2. The minimum absolute atomic E-state index is 0.155. The topological polar surface area (TPSA) is 55.9 Å². The number of rotatable bonds is 4. The van der Waals surface area contributed by atoms with Crippen molar-refractivity contribution < 1.29 is 4.39 Å². The average molecular weight is 269 g/mol. The molecule has 0 radical (unpaired) electrons. The van der Waals surface area contributed by atoms with Crippen LogP contribution >= 0.6 is 11.6 Å². The van der Waals surface area contributed by atoms with E-state index in [0.717, 1.165) is 5.56 Å². The molecule has 4 nitrogen and oxygen atoms in total. The molecule has 0 spiro atoms. The van der Waals surface area contributed by atoms with Gasteiger partial charge in [-0.05, 0) is 18.2 Å². The van der Waals surface area contributed by atoms with Gasteiger partial charge in [-0.25, -0.2) is 4.39 Å². The van der Waals surface area contributed by atoms with Crippen LogP contribution in [0.1, 0.15) is 11.6 Å². The van der Waals surface area contributed by atoms with Crippen molar-refractivity contribution in [2.75, 3.05) is 11.9 Å². The molecule has 0 aliphatic heterocycles. The van der Waals surface area contributed by atoms with Gasteiger partial charge in [0.1, 0.15) is 5.82 Å². The van der Waals surface area contributed by atoms with E-state index in [1.807, 2.05) is 13.2 Å². The van der Waals surface area contributed by atoms with Crippen molar-refractivity contribution in [1.82, 2.24) is 9.78 Å². The number of nitrogens with zero attached hydrogens (tertiary/aromatic N) is 2. The van der Waals surface area contributed by atoms with Crippen molar-refractivity contribution >= 4 is 17.3 Å². The number of nitrogens with one attached hydrogen (secondary N) is 1. The van der Waals surface area contributed by atoms with Crippen LogP contribution in [0.2, 0.25) is 5.02 Å². The van der Waals surface area contributed by atoms with Crippen molar-refractivity contribution in [1.29, 1.82) is 0 Å². The molecule has 1 unspecified atom stereocenters. The van der Waals surface area contributed by atoms with E-state index in [0.29, 0.717) is 17.3 Å². The maximum absolute atomic E-state index is 13.2. The Hall–Kier alpha value is -1.59. The lowest BCUT2D eigenvalue weighted by Gasteiger charge is -2.17. The lowest BCUT2D eigenvalue weighted by molar-refractivity contribution is 0.627. The highest BCUT2D eigenvalue weighted by Gasteiger charge is 2.13. The van der Waals surface area contributed by atoms with E-state index < -0.39 is 0 Å². The highest BCUT2D eigenvalue weighted by molar-refractivity contribution is 6.33. The Balaban J connectivity index is 2.22. The third kappa shape index (κ3) is 2.80. The molecule has 1 aromatic heterocycles. The highest BCUT2D eigenvalue weighted by atomic mass is 35.5. The summed E-state index contributed by atoms with van der Waals surface area (Å²) in [6.07, 6.45) is 3.58. The van der Waals surface area contributed by atoms with Crippen molar-refractivity contribution in [2.45, 2.75) is 6.04 Å². The van der Waals surface area contributed by atoms with E-state index in [-0.39, 0.29) is 11.9 Å². The van der Waals surface area contributed by atoms with Gasteiger partial charge in [0.05, 0.1) is 22.9 Å². The summed E-state index contributed by atoms with van der Waals surface area (Å²) in [5.41, 5.74) is 7.17. The summed E-state index contributed by atoms with van der Waals surface area (Å²) in [5, 5.41) is 7.66. The first-order valence-corrected chi connectivity index (χ1v) is 5.88. The molecule has 1 heterocycles. The van der Waals surface area contributed by atoms with Crippen LogP contribution in [0.5, 0.6) is 0 Å². The van der Waals surface area contributed by atoms with Gasteiger partial charge in [-0.15, -0.1) is 0 Å². The molecule has 2 rings (SSSR count). The van der Waals surface area contributed by atoms with Crippen LogP contribution in [0.3, 0.4) is 0 Å². The fourth-order valence-electron chi connectivity index (χ4n) is 1.69. The first kappa shape index (κ1) is 12.9. The number of hydrogen-bond donors (Lipinski definition) is 2. The smallest absolute Gasteiger partial charge is 0.125 e. The molecule has 0 fully saturated rings. The van der Waals surface area contributed by atoms with Crippen LogP contribution in [-0.4, -0.2) is 16.3 Å². The second-order valence-electron chi connectivity index (χ2n) is 4.00. The third-order valence-electron chi connectivity index (χ3n) is 2.62. The lowest BCUT2D eigenvalue weighted by atomic mass is 10.1. The zero-order chi connectivity index (χ0) is 13.1. The Morgan fingerprint density at radius 1 is 1.56 bits per heavy atom. The van der Waals surface area contributed by atoms with Gasteiger partial charge < -0.3 is 11.1 Å². The van der Waals surface area contributed by atoms with E-state index in [2.05, 4.69) is 10.4 Å². The van der Waals surface area contributed by atoms with E-state index in [1.165, 1.54) is 18.2 Å². The molecule has 0 saturated carbocycles. The van der Waals surface area contributed by atoms with Crippen LogP contribution in [-0.2, 0) is 7.05 Å². The predicted octanol–water partition coefficient (Wildman–Crippen LogP) is 2.32. The van der Waals surface area contributed by atoms with Gasteiger partial charge in [0.15, 0.2) is 0 Å². The van der Waals surface area contributed by atoms with E-state index in [9.17, 15) is 4.39 Å². The van der Waals surface area contributed by atoms with Gasteiger partial charge in [-0.2, -0.15) is 5.10 Å². The Morgan fingerprint density at radius 3 is 2.94 bits per heavy atom. The summed E-state index contributed by atoms with van der Waals surface area (Å²) in [7, 11) is 1.83. The Kier molecular flexibility index (Phi) is 3.84. The normalized spacial score (nSPS) is 12.4. The molecule has 96 valence electrons. The summed E-state index contributed by atoms with van der Waals surface area (Å²) < 4.78 is 14.8. The van der Waals surface area contributed by atoms with Gasteiger partial charge in [0.2, 0.25) is 0 Å². The van der Waals surface area contributed by atoms with Gasteiger partial charge in [0.25, 0.3) is 0 Å². The quantitative estimate of drug-likeness (QED) is 0.895. The third-order valence-corrected chi connectivity index (χ3v) is 2.95. The van der Waals surface area contributed by atoms with Crippen molar-refractivity contribution in [3.63, 3.8) is 0 Å². The molecule has 0 bridgehead atoms. The van der Waals surface area contributed by atoms with Gasteiger partial charge in [-0.1, -0.05) is 11.6 Å². The summed E-state index contributed by atoms with van der Waals surface area (Å²) in [5.74, 6) is -0.344. The first-order chi connectivity index (χ1) is 8.60. The number of aromatic nitrogens is 2. The average Bonchev–Trinajstić information content (AvgIpc) is 2.77. The molecule has 1 aromatic carbocycles. The summed E-state index contributed by atoms with van der Waals surface area (Å²) in [4.78, 5) is 0.